The number of phosphoric ester groups is 1. The first-order valence-electron chi connectivity index (χ1n) is 32.3. The van der Waals surface area contributed by atoms with Crippen LogP contribution in [0.1, 0.15) is 258 Å². The van der Waals surface area contributed by atoms with Crippen LogP contribution in [-0.4, -0.2) is 145 Å². The zero-order valence-electron chi connectivity index (χ0n) is 50.3. The molecule has 3 unspecified atom stereocenters. The Kier molecular flexibility index (Phi) is 59.9. The van der Waals surface area contributed by atoms with Gasteiger partial charge in [-0.15, -0.1) is 0 Å². The van der Waals surface area contributed by atoms with Crippen LogP contribution in [-0.2, 0) is 51.8 Å². The standard InChI is InChI=1S/C61H122NO13PS2/c1-3-5-7-9-11-27-31-35-44-73-58(55-72-52-51-69-50-49-68-48-47-67-46-41-62-61(63)39-37-38-60-40-53-77-78-60)54-70-42-33-29-25-23-21-19-17-15-13-14-16-18-20-22-24-26-30-34-43-71-56-59(57-75-76(64,65)66)74-45-36-32-28-12-10-8-6-4-2/h58-60H,3-57H2,1-2H3,(H,62,63)(H2,64,65,66). The number of unbranched alkanes of at least 4 members (excludes halogenated alkanes) is 31. The van der Waals surface area contributed by atoms with E-state index in [4.69, 9.17) is 52.2 Å². The number of ether oxygens (including phenoxy) is 8. The highest BCUT2D eigenvalue weighted by Crippen LogP contribution is 2.40. The molecule has 0 aromatic heterocycles. The third-order valence-electron chi connectivity index (χ3n) is 14.2. The maximum atomic E-state index is 12.0. The van der Waals surface area contributed by atoms with Crippen molar-refractivity contribution in [1.29, 1.82) is 0 Å². The number of carbonyl (C=O) groups excluding carboxylic acids is 1. The van der Waals surface area contributed by atoms with Gasteiger partial charge in [0.15, 0.2) is 0 Å². The number of rotatable bonds is 66. The topological polar surface area (TPSA) is 170 Å². The van der Waals surface area contributed by atoms with Gasteiger partial charge in [-0.25, -0.2) is 4.57 Å². The van der Waals surface area contributed by atoms with Crippen molar-refractivity contribution in [3.8, 4) is 0 Å². The summed E-state index contributed by atoms with van der Waals surface area (Å²) >= 11 is 0. The second-order valence-corrected chi connectivity index (χ2v) is 25.7. The highest BCUT2D eigenvalue weighted by Gasteiger charge is 2.20. The predicted octanol–water partition coefficient (Wildman–Crippen LogP) is 15.7. The molecule has 17 heteroatoms. The van der Waals surface area contributed by atoms with E-state index in [-0.39, 0.29) is 18.6 Å². The van der Waals surface area contributed by atoms with Gasteiger partial charge in [-0.05, 0) is 44.9 Å². The van der Waals surface area contributed by atoms with Crippen LogP contribution in [0.5, 0.6) is 0 Å². The van der Waals surface area contributed by atoms with E-state index in [0.29, 0.717) is 92.2 Å². The van der Waals surface area contributed by atoms with Gasteiger partial charge in [-0.2, -0.15) is 0 Å². The molecule has 14 nitrogen and oxygen atoms in total. The van der Waals surface area contributed by atoms with E-state index in [9.17, 15) is 9.36 Å². The SMILES string of the molecule is CCCCCCCCCCOC(COCCCCCCCCCCCCCCCCCCCCOCC(COP(=O)(O)O)OCCCCCCCCCC)COCCOCCOCCOCCNC(=O)CCCC1CCSS1. The monoisotopic (exact) mass is 1170 g/mol. The lowest BCUT2D eigenvalue weighted by Crippen LogP contribution is -2.27. The second kappa shape index (κ2) is 61.5. The molecule has 1 aliphatic rings. The van der Waals surface area contributed by atoms with Crippen LogP contribution in [0.15, 0.2) is 0 Å². The summed E-state index contributed by atoms with van der Waals surface area (Å²) < 4.78 is 62.9. The fraction of sp³-hybridized carbons (Fsp3) is 0.984. The Morgan fingerprint density at radius 1 is 0.449 bits per heavy atom. The highest BCUT2D eigenvalue weighted by atomic mass is 33.1. The minimum Gasteiger partial charge on any atom is -0.379 e. The smallest absolute Gasteiger partial charge is 0.379 e. The number of hydrogen-bond donors (Lipinski definition) is 3. The van der Waals surface area contributed by atoms with Crippen molar-refractivity contribution in [2.45, 2.75) is 275 Å². The second-order valence-electron chi connectivity index (χ2n) is 21.7. The number of hydrogen-bond acceptors (Lipinski definition) is 13. The minimum absolute atomic E-state index is 0.0578. The van der Waals surface area contributed by atoms with E-state index in [2.05, 4.69) is 19.2 Å². The van der Waals surface area contributed by atoms with Crippen LogP contribution in [0.3, 0.4) is 0 Å². The van der Waals surface area contributed by atoms with E-state index in [1.807, 2.05) is 21.6 Å². The molecule has 3 atom stereocenters. The van der Waals surface area contributed by atoms with Crippen molar-refractivity contribution in [3.63, 3.8) is 0 Å². The van der Waals surface area contributed by atoms with E-state index in [1.165, 1.54) is 192 Å². The van der Waals surface area contributed by atoms with Gasteiger partial charge in [-0.1, -0.05) is 228 Å². The molecule has 0 saturated carbocycles. The molecule has 3 N–H and O–H groups in total. The van der Waals surface area contributed by atoms with Crippen LogP contribution in [0.25, 0.3) is 0 Å². The molecule has 1 fully saturated rings. The van der Waals surface area contributed by atoms with E-state index >= 15 is 0 Å². The average molecular weight is 1170 g/mol. The van der Waals surface area contributed by atoms with Crippen molar-refractivity contribution >= 4 is 35.3 Å². The zero-order valence-corrected chi connectivity index (χ0v) is 52.8. The zero-order chi connectivity index (χ0) is 56.2. The molecular formula is C61H122NO13PS2. The molecule has 1 saturated heterocycles. The van der Waals surface area contributed by atoms with E-state index in [1.54, 1.807) is 0 Å². The summed E-state index contributed by atoms with van der Waals surface area (Å²) in [6.07, 6.45) is 46.5. The van der Waals surface area contributed by atoms with Crippen LogP contribution >= 0.6 is 29.4 Å². The van der Waals surface area contributed by atoms with Crippen molar-refractivity contribution < 1.29 is 61.6 Å². The number of phosphoric acid groups is 1. The Labute approximate surface area is 486 Å². The molecule has 0 aromatic carbocycles. The molecule has 1 amide bonds. The molecule has 1 heterocycles. The molecular weight excluding hydrogens is 1050 g/mol. The Balaban J connectivity index is 1.98. The molecule has 1 rings (SSSR count). The van der Waals surface area contributed by atoms with Gasteiger partial charge >= 0.3 is 7.82 Å². The summed E-state index contributed by atoms with van der Waals surface area (Å²) in [5.41, 5.74) is 0. The van der Waals surface area contributed by atoms with Crippen LogP contribution < -0.4 is 5.32 Å². The van der Waals surface area contributed by atoms with Crippen molar-refractivity contribution in [1.82, 2.24) is 5.32 Å². The Hall–Kier alpha value is -0.0400. The third-order valence-corrected chi connectivity index (χ3v) is 17.7. The maximum Gasteiger partial charge on any atom is 0.469 e. The van der Waals surface area contributed by atoms with Gasteiger partial charge in [0.25, 0.3) is 0 Å². The molecule has 0 aromatic rings. The van der Waals surface area contributed by atoms with Gasteiger partial charge < -0.3 is 53.0 Å². The summed E-state index contributed by atoms with van der Waals surface area (Å²) in [6.45, 7) is 12.5. The first-order valence-corrected chi connectivity index (χ1v) is 36.2. The van der Waals surface area contributed by atoms with Gasteiger partial charge in [0.1, 0.15) is 12.2 Å². The molecule has 1 aliphatic heterocycles. The molecule has 466 valence electrons. The first-order chi connectivity index (χ1) is 38.3. The third kappa shape index (κ3) is 59.1. The molecule has 0 aliphatic carbocycles. The van der Waals surface area contributed by atoms with E-state index in [0.717, 1.165) is 69.8 Å². The fourth-order valence-electron chi connectivity index (χ4n) is 9.39. The normalized spacial score (nSPS) is 14.7. The molecule has 0 bridgehead atoms. The lowest BCUT2D eigenvalue weighted by molar-refractivity contribution is -0.121. The summed E-state index contributed by atoms with van der Waals surface area (Å²) in [7, 11) is -0.611. The lowest BCUT2D eigenvalue weighted by Gasteiger charge is -2.18. The van der Waals surface area contributed by atoms with Gasteiger partial charge in [-0.3, -0.25) is 9.32 Å². The van der Waals surface area contributed by atoms with Crippen molar-refractivity contribution in [3.05, 3.63) is 0 Å². The summed E-state index contributed by atoms with van der Waals surface area (Å²) in [5.74, 6) is 1.35. The summed E-state index contributed by atoms with van der Waals surface area (Å²) in [4.78, 5) is 30.3. The molecule has 0 spiro atoms. The Morgan fingerprint density at radius 2 is 0.795 bits per heavy atom. The lowest BCUT2D eigenvalue weighted by atomic mass is 10.0. The Bertz CT molecular complexity index is 1260. The van der Waals surface area contributed by atoms with Crippen molar-refractivity contribution in [2.24, 2.45) is 0 Å². The van der Waals surface area contributed by atoms with Crippen LogP contribution in [0, 0.1) is 0 Å². The van der Waals surface area contributed by atoms with Crippen molar-refractivity contribution in [2.75, 3.05) is 111 Å². The molecule has 78 heavy (non-hydrogen) atoms. The minimum atomic E-state index is -4.53. The number of amides is 1. The van der Waals surface area contributed by atoms with E-state index < -0.39 is 13.9 Å². The maximum absolute atomic E-state index is 12.0. The largest absolute Gasteiger partial charge is 0.469 e. The summed E-state index contributed by atoms with van der Waals surface area (Å²) in [6, 6.07) is 0. The predicted molar refractivity (Wildman–Crippen MR) is 326 cm³/mol. The quantitative estimate of drug-likeness (QED) is 0.0298. The number of nitrogens with one attached hydrogen (secondary N) is 1. The summed E-state index contributed by atoms with van der Waals surface area (Å²) in [5, 5.41) is 3.67. The fourth-order valence-corrected chi connectivity index (χ4v) is 12.8. The van der Waals surface area contributed by atoms with Crippen LogP contribution in [0.2, 0.25) is 0 Å². The van der Waals surface area contributed by atoms with Crippen LogP contribution in [0.4, 0.5) is 0 Å². The number of carbonyl (C=O) groups is 1. The highest BCUT2D eigenvalue weighted by molar-refractivity contribution is 8.77. The Morgan fingerprint density at radius 3 is 1.18 bits per heavy atom. The molecule has 0 radical (unpaired) electrons. The van der Waals surface area contributed by atoms with Gasteiger partial charge in [0.05, 0.1) is 72.7 Å². The van der Waals surface area contributed by atoms with Gasteiger partial charge in [0.2, 0.25) is 5.91 Å². The average Bonchev–Trinajstić information content (AvgIpc) is 3.95. The van der Waals surface area contributed by atoms with Gasteiger partial charge in [0, 0.05) is 50.4 Å². The first kappa shape index (κ1) is 76.0.